The molecular weight excluding hydrogens is 382 g/mol. The maximum absolute atomic E-state index is 12.5. The van der Waals surface area contributed by atoms with Crippen molar-refractivity contribution < 1.29 is 19.1 Å². The van der Waals surface area contributed by atoms with Crippen LogP contribution >= 0.6 is 0 Å². The molecule has 1 fully saturated rings. The first-order chi connectivity index (χ1) is 14.3. The van der Waals surface area contributed by atoms with Gasteiger partial charge in [0.25, 0.3) is 5.91 Å². The Morgan fingerprint density at radius 2 is 1.73 bits per heavy atom. The van der Waals surface area contributed by atoms with Crippen molar-refractivity contribution in [2.45, 2.75) is 32.9 Å². The molecule has 0 aliphatic carbocycles. The lowest BCUT2D eigenvalue weighted by Gasteiger charge is -2.26. The van der Waals surface area contributed by atoms with E-state index in [0.29, 0.717) is 44.1 Å². The molecule has 0 atom stereocenters. The Bertz CT molecular complexity index is 869. The van der Waals surface area contributed by atoms with E-state index in [1.165, 1.54) is 0 Å². The molecule has 2 aromatic carbocycles. The fourth-order valence-electron chi connectivity index (χ4n) is 3.06. The van der Waals surface area contributed by atoms with E-state index in [2.05, 4.69) is 10.6 Å². The average Bonchev–Trinajstić information content (AvgIpc) is 2.71. The molecular formula is C23H29N3O4. The zero-order chi connectivity index (χ0) is 21.6. The number of hydrogen-bond acceptors (Lipinski definition) is 5. The minimum absolute atomic E-state index is 0.0331. The molecule has 3 rings (SSSR count). The number of rotatable bonds is 5. The van der Waals surface area contributed by atoms with Crippen molar-refractivity contribution in [3.8, 4) is 0 Å². The first-order valence-electron chi connectivity index (χ1n) is 10.1. The summed E-state index contributed by atoms with van der Waals surface area (Å²) >= 11 is 0. The van der Waals surface area contributed by atoms with Gasteiger partial charge in [-0.3, -0.25) is 10.1 Å². The van der Waals surface area contributed by atoms with E-state index < -0.39 is 11.7 Å². The lowest BCUT2D eigenvalue weighted by molar-refractivity contribution is 0.0303. The quantitative estimate of drug-likeness (QED) is 0.774. The van der Waals surface area contributed by atoms with Gasteiger partial charge in [0.05, 0.1) is 13.2 Å². The zero-order valence-electron chi connectivity index (χ0n) is 17.7. The number of carbonyl (C=O) groups excluding carboxylic acids is 2. The first kappa shape index (κ1) is 21.6. The molecule has 7 heteroatoms. The van der Waals surface area contributed by atoms with E-state index >= 15 is 0 Å². The third kappa shape index (κ3) is 6.49. The fourth-order valence-corrected chi connectivity index (χ4v) is 3.06. The minimum atomic E-state index is -0.543. The highest BCUT2D eigenvalue weighted by molar-refractivity contribution is 5.94. The predicted octanol–water partition coefficient (Wildman–Crippen LogP) is 4.12. The summed E-state index contributed by atoms with van der Waals surface area (Å²) in [6.07, 6.45) is -0.479. The fraction of sp³-hybridized carbons (Fsp3) is 0.391. The third-order valence-electron chi connectivity index (χ3n) is 4.50. The third-order valence-corrected chi connectivity index (χ3v) is 4.50. The molecule has 30 heavy (non-hydrogen) atoms. The number of hydrogen-bond donors (Lipinski definition) is 2. The Balaban J connectivity index is 1.54. The summed E-state index contributed by atoms with van der Waals surface area (Å²) in [5.74, 6) is 0.0331. The van der Waals surface area contributed by atoms with Crippen LogP contribution in [0.4, 0.5) is 16.2 Å². The molecule has 1 aliphatic heterocycles. The summed E-state index contributed by atoms with van der Waals surface area (Å²) < 4.78 is 10.6. The van der Waals surface area contributed by atoms with Gasteiger partial charge in [-0.2, -0.15) is 0 Å². The minimum Gasteiger partial charge on any atom is -0.444 e. The number of ether oxygens (including phenoxy) is 2. The van der Waals surface area contributed by atoms with Gasteiger partial charge in [0.1, 0.15) is 5.60 Å². The highest BCUT2D eigenvalue weighted by atomic mass is 16.6. The summed E-state index contributed by atoms with van der Waals surface area (Å²) in [5, 5.41) is 6.08. The molecule has 2 aromatic rings. The van der Waals surface area contributed by atoms with Crippen molar-refractivity contribution in [3.05, 3.63) is 59.7 Å². The van der Waals surface area contributed by atoms with Gasteiger partial charge in [-0.1, -0.05) is 12.1 Å². The summed E-state index contributed by atoms with van der Waals surface area (Å²) in [6, 6.07) is 15.0. The second-order valence-electron chi connectivity index (χ2n) is 8.16. The largest absolute Gasteiger partial charge is 0.444 e. The predicted molar refractivity (Wildman–Crippen MR) is 117 cm³/mol. The van der Waals surface area contributed by atoms with E-state index in [-0.39, 0.29) is 5.91 Å². The zero-order valence-corrected chi connectivity index (χ0v) is 17.7. The molecule has 160 valence electrons. The summed E-state index contributed by atoms with van der Waals surface area (Å²) in [7, 11) is 0. The van der Waals surface area contributed by atoms with Gasteiger partial charge in [-0.05, 0) is 62.7 Å². The number of amides is 2. The van der Waals surface area contributed by atoms with Gasteiger partial charge >= 0.3 is 6.09 Å². The van der Waals surface area contributed by atoms with Crippen LogP contribution in [0.3, 0.4) is 0 Å². The van der Waals surface area contributed by atoms with Crippen LogP contribution in [0.5, 0.6) is 0 Å². The maximum Gasteiger partial charge on any atom is 0.412 e. The lowest BCUT2D eigenvalue weighted by atomic mass is 10.1. The van der Waals surface area contributed by atoms with Crippen LogP contribution in [-0.4, -0.2) is 48.8 Å². The van der Waals surface area contributed by atoms with Crippen molar-refractivity contribution in [2.24, 2.45) is 0 Å². The molecule has 2 amide bonds. The van der Waals surface area contributed by atoms with Crippen molar-refractivity contribution in [2.75, 3.05) is 36.9 Å². The molecule has 2 N–H and O–H groups in total. The number of benzene rings is 2. The molecule has 1 saturated heterocycles. The van der Waals surface area contributed by atoms with Crippen molar-refractivity contribution in [3.63, 3.8) is 0 Å². The normalized spacial score (nSPS) is 14.2. The molecule has 0 aromatic heterocycles. The first-order valence-corrected chi connectivity index (χ1v) is 10.1. The maximum atomic E-state index is 12.5. The van der Waals surface area contributed by atoms with E-state index in [9.17, 15) is 9.59 Å². The molecule has 1 aliphatic rings. The topological polar surface area (TPSA) is 79.9 Å². The molecule has 0 spiro atoms. The summed E-state index contributed by atoms with van der Waals surface area (Å²) in [5.41, 5.74) is 2.73. The Labute approximate surface area is 177 Å². The monoisotopic (exact) mass is 411 g/mol. The Hall–Kier alpha value is -3.06. The van der Waals surface area contributed by atoms with Gasteiger partial charge in [0.2, 0.25) is 0 Å². The van der Waals surface area contributed by atoms with Crippen molar-refractivity contribution >= 4 is 23.4 Å². The number of morpholine rings is 1. The standard InChI is InChI=1S/C23H29N3O4/c1-23(2,3)30-22(28)25-20-6-4-5-17(15-20)16-24-19-9-7-18(8-10-19)21(27)26-11-13-29-14-12-26/h4-10,15,24H,11-14,16H2,1-3H3,(H,25,28). The Kier molecular flexibility index (Phi) is 6.95. The Morgan fingerprint density at radius 1 is 1.03 bits per heavy atom. The summed E-state index contributed by atoms with van der Waals surface area (Å²) in [4.78, 5) is 26.3. The Morgan fingerprint density at radius 3 is 2.40 bits per heavy atom. The second kappa shape index (κ2) is 9.63. The van der Waals surface area contributed by atoms with Crippen LogP contribution in [0, 0.1) is 0 Å². The van der Waals surface area contributed by atoms with Crippen LogP contribution in [-0.2, 0) is 16.0 Å². The van der Waals surface area contributed by atoms with Gasteiger partial charge < -0.3 is 19.7 Å². The molecule has 0 bridgehead atoms. The van der Waals surface area contributed by atoms with Crippen LogP contribution < -0.4 is 10.6 Å². The van der Waals surface area contributed by atoms with Gasteiger partial charge in [0.15, 0.2) is 0 Å². The van der Waals surface area contributed by atoms with Crippen LogP contribution in [0.1, 0.15) is 36.7 Å². The van der Waals surface area contributed by atoms with Crippen molar-refractivity contribution in [1.29, 1.82) is 0 Å². The number of nitrogens with zero attached hydrogens (tertiary/aromatic N) is 1. The second-order valence-corrected chi connectivity index (χ2v) is 8.16. The number of anilines is 2. The van der Waals surface area contributed by atoms with E-state index in [1.54, 1.807) is 0 Å². The molecule has 7 nitrogen and oxygen atoms in total. The molecule has 0 saturated carbocycles. The van der Waals surface area contributed by atoms with Gasteiger partial charge in [-0.25, -0.2) is 4.79 Å². The molecule has 0 radical (unpaired) electrons. The summed E-state index contributed by atoms with van der Waals surface area (Å²) in [6.45, 7) is 8.51. The molecule has 0 unspecified atom stereocenters. The van der Waals surface area contributed by atoms with Crippen LogP contribution in [0.15, 0.2) is 48.5 Å². The lowest BCUT2D eigenvalue weighted by Crippen LogP contribution is -2.40. The van der Waals surface area contributed by atoms with Crippen molar-refractivity contribution in [1.82, 2.24) is 4.90 Å². The van der Waals surface area contributed by atoms with Gasteiger partial charge in [0, 0.05) is 36.6 Å². The van der Waals surface area contributed by atoms with Gasteiger partial charge in [-0.15, -0.1) is 0 Å². The number of nitrogens with one attached hydrogen (secondary N) is 2. The smallest absolute Gasteiger partial charge is 0.412 e. The number of carbonyl (C=O) groups is 2. The van der Waals surface area contributed by atoms with Crippen LogP contribution in [0.2, 0.25) is 0 Å². The van der Waals surface area contributed by atoms with E-state index in [0.717, 1.165) is 11.3 Å². The molecule has 1 heterocycles. The highest BCUT2D eigenvalue weighted by Gasteiger charge is 2.18. The average molecular weight is 412 g/mol. The van der Waals surface area contributed by atoms with E-state index in [1.807, 2.05) is 74.2 Å². The SMILES string of the molecule is CC(C)(C)OC(=O)Nc1cccc(CNc2ccc(C(=O)N3CCOCC3)cc2)c1. The van der Waals surface area contributed by atoms with E-state index in [4.69, 9.17) is 9.47 Å². The highest BCUT2D eigenvalue weighted by Crippen LogP contribution is 2.17. The van der Waals surface area contributed by atoms with Crippen LogP contribution in [0.25, 0.3) is 0 Å².